The first-order valence-corrected chi connectivity index (χ1v) is 8.84. The summed E-state index contributed by atoms with van der Waals surface area (Å²) in [6, 6.07) is 6.97. The Morgan fingerprint density at radius 2 is 1.83 bits per heavy atom. The van der Waals surface area contributed by atoms with Gasteiger partial charge in [0.1, 0.15) is 0 Å². The lowest BCUT2D eigenvalue weighted by molar-refractivity contribution is 0.138. The molecule has 1 heteroatoms. The second kappa shape index (κ2) is 6.95. The van der Waals surface area contributed by atoms with E-state index in [0.29, 0.717) is 0 Å². The van der Waals surface area contributed by atoms with Gasteiger partial charge in [-0.2, -0.15) is 0 Å². The number of hydrogen-bond donors (Lipinski definition) is 0. The molecule has 0 amide bonds. The van der Waals surface area contributed by atoms with Crippen molar-refractivity contribution in [1.82, 2.24) is 4.90 Å². The third-order valence-electron chi connectivity index (χ3n) is 4.83. The number of rotatable bonds is 6. The van der Waals surface area contributed by atoms with Gasteiger partial charge in [-0.1, -0.05) is 56.7 Å². The van der Waals surface area contributed by atoms with E-state index in [2.05, 4.69) is 70.9 Å². The van der Waals surface area contributed by atoms with Crippen molar-refractivity contribution in [2.24, 2.45) is 5.92 Å². The summed E-state index contributed by atoms with van der Waals surface area (Å²) in [6.07, 6.45) is 3.31. The van der Waals surface area contributed by atoms with Crippen LogP contribution in [0.1, 0.15) is 57.2 Å². The second-order valence-electron chi connectivity index (χ2n) is 8.41. The van der Waals surface area contributed by atoms with Crippen LogP contribution in [0.3, 0.4) is 0 Å². The molecule has 2 rings (SSSR count). The van der Waals surface area contributed by atoms with Gasteiger partial charge in [-0.25, -0.2) is 0 Å². The Labute approximate surface area is 143 Å². The smallest absolute Gasteiger partial charge is 0.0223 e. The average molecular weight is 312 g/mol. The topological polar surface area (TPSA) is 3.24 Å². The van der Waals surface area contributed by atoms with Crippen LogP contribution in [0.4, 0.5) is 0 Å². The average Bonchev–Trinajstić information content (AvgIpc) is 2.40. The minimum atomic E-state index is 0.218. The maximum Gasteiger partial charge on any atom is 0.0223 e. The molecule has 1 nitrogen and oxygen atoms in total. The Bertz CT molecular complexity index is 582. The molecule has 0 saturated carbocycles. The fourth-order valence-electron chi connectivity index (χ4n) is 3.35. The molecule has 1 fully saturated rings. The zero-order valence-corrected chi connectivity index (χ0v) is 15.7. The summed E-state index contributed by atoms with van der Waals surface area (Å²) in [5.41, 5.74) is 7.15. The van der Waals surface area contributed by atoms with Crippen LogP contribution in [0, 0.1) is 12.8 Å². The van der Waals surface area contributed by atoms with Crippen molar-refractivity contribution in [1.29, 1.82) is 0 Å². The maximum atomic E-state index is 4.24. The second-order valence-corrected chi connectivity index (χ2v) is 8.41. The summed E-state index contributed by atoms with van der Waals surface area (Å²) in [7, 11) is 0. The molecular formula is C22H33N. The van der Waals surface area contributed by atoms with Crippen LogP contribution in [0.15, 0.2) is 42.6 Å². The first-order valence-electron chi connectivity index (χ1n) is 8.84. The van der Waals surface area contributed by atoms with Gasteiger partial charge in [-0.15, -0.1) is 6.58 Å². The minimum absolute atomic E-state index is 0.218. The van der Waals surface area contributed by atoms with E-state index in [1.165, 1.54) is 34.4 Å². The number of likely N-dealkylation sites (tertiary alicyclic amines) is 1. The number of hydrogen-bond acceptors (Lipinski definition) is 1. The fourth-order valence-corrected chi connectivity index (χ4v) is 3.35. The van der Waals surface area contributed by atoms with Crippen molar-refractivity contribution in [3.05, 3.63) is 59.3 Å². The van der Waals surface area contributed by atoms with Gasteiger partial charge in [0, 0.05) is 18.8 Å². The van der Waals surface area contributed by atoms with Gasteiger partial charge >= 0.3 is 0 Å². The summed E-state index contributed by atoms with van der Waals surface area (Å²) in [4.78, 5) is 2.44. The number of aryl methyl sites for hydroxylation is 1. The number of allylic oxidation sites excluding steroid dienone is 2. The van der Waals surface area contributed by atoms with E-state index in [9.17, 15) is 0 Å². The summed E-state index contributed by atoms with van der Waals surface area (Å²) < 4.78 is 0. The monoisotopic (exact) mass is 311 g/mol. The fraction of sp³-hybridized carbons (Fsp3) is 0.545. The highest BCUT2D eigenvalue weighted by molar-refractivity contribution is 5.37. The first kappa shape index (κ1) is 17.8. The van der Waals surface area contributed by atoms with Crippen LogP contribution in [0.25, 0.3) is 0 Å². The predicted octanol–water partition coefficient (Wildman–Crippen LogP) is 5.64. The van der Waals surface area contributed by atoms with E-state index >= 15 is 0 Å². The Hall–Kier alpha value is -1.50. The molecular weight excluding hydrogens is 278 g/mol. The molecule has 0 aromatic heterocycles. The minimum Gasteiger partial charge on any atom is -0.375 e. The lowest BCUT2D eigenvalue weighted by Crippen LogP contribution is -2.46. The van der Waals surface area contributed by atoms with Crippen LogP contribution >= 0.6 is 0 Å². The molecule has 0 atom stereocenters. The van der Waals surface area contributed by atoms with Gasteiger partial charge in [-0.3, -0.25) is 0 Å². The lowest BCUT2D eigenvalue weighted by atomic mass is 9.79. The highest BCUT2D eigenvalue weighted by Gasteiger charge is 2.29. The van der Waals surface area contributed by atoms with E-state index < -0.39 is 0 Å². The van der Waals surface area contributed by atoms with Crippen molar-refractivity contribution in [3.8, 4) is 0 Å². The highest BCUT2D eigenvalue weighted by atomic mass is 15.2. The van der Waals surface area contributed by atoms with E-state index in [-0.39, 0.29) is 5.41 Å². The Morgan fingerprint density at radius 1 is 1.17 bits per heavy atom. The Morgan fingerprint density at radius 3 is 2.39 bits per heavy atom. The van der Waals surface area contributed by atoms with Gasteiger partial charge in [0.15, 0.2) is 0 Å². The molecule has 1 aliphatic heterocycles. The largest absolute Gasteiger partial charge is 0.375 e. The summed E-state index contributed by atoms with van der Waals surface area (Å²) in [5.74, 6) is 0.764. The first-order chi connectivity index (χ1) is 10.7. The van der Waals surface area contributed by atoms with Gasteiger partial charge < -0.3 is 4.90 Å². The van der Waals surface area contributed by atoms with Crippen molar-refractivity contribution >= 4 is 0 Å². The van der Waals surface area contributed by atoms with E-state index in [1.54, 1.807) is 0 Å². The van der Waals surface area contributed by atoms with Crippen molar-refractivity contribution in [3.63, 3.8) is 0 Å². The lowest BCUT2D eigenvalue weighted by Gasteiger charge is -2.43. The van der Waals surface area contributed by atoms with Crippen LogP contribution in [-0.2, 0) is 11.8 Å². The van der Waals surface area contributed by atoms with Crippen LogP contribution in [0.2, 0.25) is 0 Å². The zero-order valence-electron chi connectivity index (χ0n) is 15.7. The van der Waals surface area contributed by atoms with E-state index in [4.69, 9.17) is 0 Å². The van der Waals surface area contributed by atoms with Crippen LogP contribution in [-0.4, -0.2) is 18.0 Å². The number of nitrogens with zero attached hydrogens (tertiary/aromatic N) is 1. The van der Waals surface area contributed by atoms with Crippen LogP contribution < -0.4 is 0 Å². The molecule has 0 N–H and O–H groups in total. The third kappa shape index (κ3) is 4.73. The van der Waals surface area contributed by atoms with Crippen molar-refractivity contribution < 1.29 is 0 Å². The molecule has 0 aliphatic carbocycles. The summed E-state index contributed by atoms with van der Waals surface area (Å²) in [6.45, 7) is 21.8. The molecule has 1 aliphatic rings. The normalized spacial score (nSPS) is 15.4. The molecule has 0 radical (unpaired) electrons. The third-order valence-corrected chi connectivity index (χ3v) is 4.83. The SMILES string of the molecule is C=C(C)CCC(=C)N1CC(Cc2ccc(C)cc2C(C)(C)C)C1. The van der Waals surface area contributed by atoms with Gasteiger partial charge in [0.05, 0.1) is 0 Å². The van der Waals surface area contributed by atoms with Gasteiger partial charge in [0.2, 0.25) is 0 Å². The molecule has 23 heavy (non-hydrogen) atoms. The Balaban J connectivity index is 1.93. The Kier molecular flexibility index (Phi) is 5.39. The molecule has 0 unspecified atom stereocenters. The molecule has 126 valence electrons. The van der Waals surface area contributed by atoms with Crippen molar-refractivity contribution in [2.75, 3.05) is 13.1 Å². The zero-order chi connectivity index (χ0) is 17.2. The predicted molar refractivity (Wildman–Crippen MR) is 102 cm³/mol. The molecule has 1 saturated heterocycles. The highest BCUT2D eigenvalue weighted by Crippen LogP contribution is 2.32. The van der Waals surface area contributed by atoms with Crippen LogP contribution in [0.5, 0.6) is 0 Å². The van der Waals surface area contributed by atoms with E-state index in [1.807, 2.05) is 0 Å². The van der Waals surface area contributed by atoms with E-state index in [0.717, 1.165) is 31.8 Å². The molecule has 1 heterocycles. The molecule has 0 spiro atoms. The quantitative estimate of drug-likeness (QED) is 0.615. The summed E-state index contributed by atoms with van der Waals surface area (Å²) >= 11 is 0. The molecule has 1 aromatic rings. The summed E-state index contributed by atoms with van der Waals surface area (Å²) in [5, 5.41) is 0. The number of benzene rings is 1. The molecule has 1 aromatic carbocycles. The van der Waals surface area contributed by atoms with Crippen molar-refractivity contribution in [2.45, 2.75) is 59.3 Å². The van der Waals surface area contributed by atoms with Gasteiger partial charge in [0.25, 0.3) is 0 Å². The molecule has 0 bridgehead atoms. The van der Waals surface area contributed by atoms with Gasteiger partial charge in [-0.05, 0) is 55.6 Å². The maximum absolute atomic E-state index is 4.24. The standard InChI is InChI=1S/C22H33N/c1-16(2)8-10-18(4)23-14-19(15-23)13-20-11-9-17(3)12-21(20)22(5,6)7/h9,11-12,19H,1,4,8,10,13-15H2,2-3,5-7H3.